The second-order valence-electron chi connectivity index (χ2n) is 5.06. The number of aromatic nitrogens is 1. The Hall–Kier alpha value is -2.36. The number of amides is 2. The Kier molecular flexibility index (Phi) is 3.37. The van der Waals surface area contributed by atoms with Crippen LogP contribution in [0, 0.1) is 6.92 Å². The summed E-state index contributed by atoms with van der Waals surface area (Å²) in [5.74, 6) is 0. The molecule has 0 bridgehead atoms. The van der Waals surface area contributed by atoms with Gasteiger partial charge in [-0.15, -0.1) is 0 Å². The number of urea groups is 1. The van der Waals surface area contributed by atoms with E-state index in [1.807, 2.05) is 24.0 Å². The van der Waals surface area contributed by atoms with E-state index in [2.05, 4.69) is 28.5 Å². The molecule has 1 N–H and O–H groups in total. The van der Waals surface area contributed by atoms with Crippen LogP contribution in [0.2, 0.25) is 0 Å². The summed E-state index contributed by atoms with van der Waals surface area (Å²) in [6, 6.07) is 10.1. The fourth-order valence-corrected chi connectivity index (χ4v) is 2.48. The predicted octanol–water partition coefficient (Wildman–Crippen LogP) is 2.98. The van der Waals surface area contributed by atoms with Crippen LogP contribution in [0.5, 0.6) is 0 Å². The molecule has 0 saturated carbocycles. The van der Waals surface area contributed by atoms with Crippen LogP contribution in [0.4, 0.5) is 10.5 Å². The normalized spacial score (nSPS) is 13.8. The van der Waals surface area contributed by atoms with Gasteiger partial charge < -0.3 is 10.2 Å². The number of fused-ring (bicyclic) bond motifs is 1. The predicted molar refractivity (Wildman–Crippen MR) is 78.5 cm³/mol. The van der Waals surface area contributed by atoms with Gasteiger partial charge in [0.2, 0.25) is 0 Å². The smallest absolute Gasteiger partial charge is 0.320 e. The fourth-order valence-electron chi connectivity index (χ4n) is 2.48. The van der Waals surface area contributed by atoms with Crippen LogP contribution in [-0.2, 0) is 13.0 Å². The van der Waals surface area contributed by atoms with Crippen molar-refractivity contribution in [1.82, 2.24) is 9.88 Å². The lowest BCUT2D eigenvalue weighted by Crippen LogP contribution is -2.38. The molecule has 4 nitrogen and oxygen atoms in total. The highest BCUT2D eigenvalue weighted by molar-refractivity contribution is 5.90. The highest BCUT2D eigenvalue weighted by Crippen LogP contribution is 2.20. The molecule has 2 heterocycles. The second kappa shape index (κ2) is 5.33. The summed E-state index contributed by atoms with van der Waals surface area (Å²) in [5, 5.41) is 2.96. The van der Waals surface area contributed by atoms with Crippen LogP contribution >= 0.6 is 0 Å². The second-order valence-corrected chi connectivity index (χ2v) is 5.06. The van der Waals surface area contributed by atoms with E-state index in [-0.39, 0.29) is 6.03 Å². The molecule has 0 atom stereocenters. The molecule has 2 aromatic rings. The summed E-state index contributed by atoms with van der Waals surface area (Å²) in [6.07, 6.45) is 4.36. The Labute approximate surface area is 118 Å². The zero-order chi connectivity index (χ0) is 13.9. The van der Waals surface area contributed by atoms with Gasteiger partial charge in [0.05, 0.1) is 0 Å². The van der Waals surface area contributed by atoms with Gasteiger partial charge in [-0.1, -0.05) is 24.3 Å². The van der Waals surface area contributed by atoms with Crippen LogP contribution in [0.3, 0.4) is 0 Å². The lowest BCUT2D eigenvalue weighted by atomic mass is 10.0. The Morgan fingerprint density at radius 1 is 1.25 bits per heavy atom. The van der Waals surface area contributed by atoms with E-state index >= 15 is 0 Å². The molecule has 0 spiro atoms. The summed E-state index contributed by atoms with van der Waals surface area (Å²) in [7, 11) is 0. The van der Waals surface area contributed by atoms with Gasteiger partial charge in [0.15, 0.2) is 0 Å². The topological polar surface area (TPSA) is 45.2 Å². The first-order valence-corrected chi connectivity index (χ1v) is 6.77. The Morgan fingerprint density at radius 2 is 2.05 bits per heavy atom. The summed E-state index contributed by atoms with van der Waals surface area (Å²) in [4.78, 5) is 18.2. The largest absolute Gasteiger partial charge is 0.322 e. The molecule has 1 aromatic heterocycles. The van der Waals surface area contributed by atoms with E-state index in [0.717, 1.165) is 24.2 Å². The molecule has 3 rings (SSSR count). The molecular formula is C16H17N3O. The molecule has 1 aromatic carbocycles. The Morgan fingerprint density at radius 3 is 2.85 bits per heavy atom. The lowest BCUT2D eigenvalue weighted by molar-refractivity contribution is 0.206. The first-order chi connectivity index (χ1) is 9.74. The van der Waals surface area contributed by atoms with Crippen molar-refractivity contribution in [1.29, 1.82) is 0 Å². The third-order valence-electron chi connectivity index (χ3n) is 3.68. The van der Waals surface area contributed by atoms with Crippen molar-refractivity contribution in [2.45, 2.75) is 19.9 Å². The van der Waals surface area contributed by atoms with Crippen LogP contribution in [0.1, 0.15) is 16.7 Å². The molecule has 102 valence electrons. The van der Waals surface area contributed by atoms with Crippen molar-refractivity contribution in [3.05, 3.63) is 59.4 Å². The maximum Gasteiger partial charge on any atom is 0.322 e. The zero-order valence-corrected chi connectivity index (χ0v) is 11.5. The van der Waals surface area contributed by atoms with Crippen LogP contribution in [0.25, 0.3) is 0 Å². The average molecular weight is 267 g/mol. The first-order valence-electron chi connectivity index (χ1n) is 6.77. The van der Waals surface area contributed by atoms with Gasteiger partial charge in [-0.3, -0.25) is 4.98 Å². The van der Waals surface area contributed by atoms with Crippen molar-refractivity contribution >= 4 is 11.7 Å². The number of hydrogen-bond donors (Lipinski definition) is 1. The van der Waals surface area contributed by atoms with Crippen LogP contribution in [-0.4, -0.2) is 22.5 Å². The number of aryl methyl sites for hydroxylation is 1. The average Bonchev–Trinajstić information content (AvgIpc) is 2.49. The van der Waals surface area contributed by atoms with Gasteiger partial charge in [-0.05, 0) is 36.1 Å². The van der Waals surface area contributed by atoms with Crippen molar-refractivity contribution in [2.75, 3.05) is 11.9 Å². The summed E-state index contributed by atoms with van der Waals surface area (Å²) < 4.78 is 0. The van der Waals surface area contributed by atoms with Gasteiger partial charge >= 0.3 is 6.03 Å². The molecule has 0 radical (unpaired) electrons. The number of carbonyl (C=O) groups is 1. The number of hydrogen-bond acceptors (Lipinski definition) is 2. The highest BCUT2D eigenvalue weighted by atomic mass is 16.2. The molecule has 0 saturated heterocycles. The Balaban J connectivity index is 1.72. The van der Waals surface area contributed by atoms with Gasteiger partial charge in [0.25, 0.3) is 0 Å². The van der Waals surface area contributed by atoms with E-state index in [0.29, 0.717) is 6.54 Å². The van der Waals surface area contributed by atoms with Crippen LogP contribution in [0.15, 0.2) is 42.7 Å². The lowest BCUT2D eigenvalue weighted by Gasteiger charge is -2.29. The van der Waals surface area contributed by atoms with Crippen molar-refractivity contribution in [3.63, 3.8) is 0 Å². The maximum absolute atomic E-state index is 12.3. The molecular weight excluding hydrogens is 250 g/mol. The van der Waals surface area contributed by atoms with Gasteiger partial charge in [-0.25, -0.2) is 4.79 Å². The summed E-state index contributed by atoms with van der Waals surface area (Å²) in [5.41, 5.74) is 4.37. The maximum atomic E-state index is 12.3. The van der Waals surface area contributed by atoms with Gasteiger partial charge in [0, 0.05) is 31.2 Å². The molecule has 0 unspecified atom stereocenters. The van der Waals surface area contributed by atoms with E-state index < -0.39 is 0 Å². The molecule has 2 amide bonds. The molecule has 0 aliphatic carbocycles. The van der Waals surface area contributed by atoms with Crippen molar-refractivity contribution in [3.8, 4) is 0 Å². The molecule has 20 heavy (non-hydrogen) atoms. The SMILES string of the molecule is Cc1cnccc1NC(=O)N1CCc2ccccc2C1. The fraction of sp³-hybridized carbons (Fsp3) is 0.250. The monoisotopic (exact) mass is 267 g/mol. The molecule has 4 heteroatoms. The van der Waals surface area contributed by atoms with E-state index in [1.165, 1.54) is 11.1 Å². The summed E-state index contributed by atoms with van der Waals surface area (Å²) in [6.45, 7) is 3.37. The van der Waals surface area contributed by atoms with Crippen molar-refractivity contribution < 1.29 is 4.79 Å². The van der Waals surface area contributed by atoms with E-state index in [9.17, 15) is 4.79 Å². The zero-order valence-electron chi connectivity index (χ0n) is 11.5. The number of anilines is 1. The number of nitrogens with one attached hydrogen (secondary N) is 1. The number of rotatable bonds is 1. The Bertz CT molecular complexity index is 639. The summed E-state index contributed by atoms with van der Waals surface area (Å²) >= 11 is 0. The van der Waals surface area contributed by atoms with Crippen LogP contribution < -0.4 is 5.32 Å². The van der Waals surface area contributed by atoms with Crippen molar-refractivity contribution in [2.24, 2.45) is 0 Å². The molecule has 1 aliphatic heterocycles. The molecule has 0 fully saturated rings. The van der Waals surface area contributed by atoms with Gasteiger partial charge in [-0.2, -0.15) is 0 Å². The van der Waals surface area contributed by atoms with E-state index in [4.69, 9.17) is 0 Å². The minimum Gasteiger partial charge on any atom is -0.320 e. The highest BCUT2D eigenvalue weighted by Gasteiger charge is 2.20. The molecule has 1 aliphatic rings. The third-order valence-corrected chi connectivity index (χ3v) is 3.68. The number of pyridine rings is 1. The standard InChI is InChI=1S/C16H17N3O/c1-12-10-17-8-6-15(12)18-16(20)19-9-7-13-4-2-3-5-14(13)11-19/h2-6,8,10H,7,9,11H2,1H3,(H,17,18,20). The van der Waals surface area contributed by atoms with Gasteiger partial charge in [0.1, 0.15) is 0 Å². The number of nitrogens with zero attached hydrogens (tertiary/aromatic N) is 2. The first kappa shape index (κ1) is 12.7. The third kappa shape index (κ3) is 2.50. The van der Waals surface area contributed by atoms with E-state index in [1.54, 1.807) is 12.4 Å². The number of benzene rings is 1. The number of carbonyl (C=O) groups excluding carboxylic acids is 1. The quantitative estimate of drug-likeness (QED) is 0.863. The minimum absolute atomic E-state index is 0.0474. The minimum atomic E-state index is -0.0474.